The Hall–Kier alpha value is -1.42. The maximum Gasteiger partial charge on any atom is 0.297 e. The maximum absolute atomic E-state index is 5.63. The summed E-state index contributed by atoms with van der Waals surface area (Å²) < 4.78 is 10.2. The highest BCUT2D eigenvalue weighted by molar-refractivity contribution is 6.16. The zero-order valence-electron chi connectivity index (χ0n) is 8.31. The fraction of sp³-hybridized carbons (Fsp3) is 0.300. The molecule has 80 valence electrons. The van der Waals surface area contributed by atoms with Gasteiger partial charge in [0.05, 0.1) is 30.6 Å². The second kappa shape index (κ2) is 4.40. The highest BCUT2D eigenvalue weighted by Gasteiger charge is 2.09. The summed E-state index contributed by atoms with van der Waals surface area (Å²) in [5.74, 6) is 0.364. The number of aromatic nitrogens is 1. The van der Waals surface area contributed by atoms with Gasteiger partial charge in [0.15, 0.2) is 0 Å². The summed E-state index contributed by atoms with van der Waals surface area (Å²) in [5, 5.41) is 0. The molecule has 0 N–H and O–H groups in total. The second-order valence-corrected chi connectivity index (χ2v) is 3.51. The van der Waals surface area contributed by atoms with Gasteiger partial charge in [-0.3, -0.25) is 0 Å². The molecule has 0 aromatic carbocycles. The molecule has 0 bridgehead atoms. The molecule has 0 amide bonds. The smallest absolute Gasteiger partial charge is 0.297 e. The number of hydrogen-bond acceptors (Lipinski definition) is 4. The summed E-state index contributed by atoms with van der Waals surface area (Å²) in [7, 11) is 1.90. The van der Waals surface area contributed by atoms with Crippen LogP contribution in [0.3, 0.4) is 0 Å². The molecule has 0 atom stereocenters. The van der Waals surface area contributed by atoms with Crippen LogP contribution in [0.25, 0.3) is 0 Å². The van der Waals surface area contributed by atoms with Crippen molar-refractivity contribution in [3.05, 3.63) is 36.1 Å². The highest BCUT2D eigenvalue weighted by Crippen LogP contribution is 2.15. The van der Waals surface area contributed by atoms with E-state index in [9.17, 15) is 0 Å². The average molecular weight is 227 g/mol. The van der Waals surface area contributed by atoms with Gasteiger partial charge in [-0.25, -0.2) is 0 Å². The molecule has 2 rings (SSSR count). The van der Waals surface area contributed by atoms with Crippen molar-refractivity contribution in [1.82, 2.24) is 4.98 Å². The van der Waals surface area contributed by atoms with E-state index in [1.54, 1.807) is 18.8 Å². The Balaban J connectivity index is 2.04. The van der Waals surface area contributed by atoms with Gasteiger partial charge in [0.25, 0.3) is 6.01 Å². The third-order valence-electron chi connectivity index (χ3n) is 2.00. The van der Waals surface area contributed by atoms with Gasteiger partial charge in [-0.2, -0.15) is 4.98 Å². The first-order valence-electron chi connectivity index (χ1n) is 4.52. The molecule has 0 aliphatic heterocycles. The summed E-state index contributed by atoms with van der Waals surface area (Å²) in [6.07, 6.45) is 4.90. The van der Waals surface area contributed by atoms with Gasteiger partial charge in [-0.15, -0.1) is 11.6 Å². The fourth-order valence-corrected chi connectivity index (χ4v) is 1.38. The first kappa shape index (κ1) is 10.1. The standard InChI is InChI=1S/C10H11ClN2O2/c1-13(5-8-2-3-14-6-8)10-12-9(4-11)7-15-10/h2-3,6-7H,4-5H2,1H3. The Morgan fingerprint density at radius 2 is 2.33 bits per heavy atom. The summed E-state index contributed by atoms with van der Waals surface area (Å²) in [6.45, 7) is 0.693. The number of hydrogen-bond donors (Lipinski definition) is 0. The average Bonchev–Trinajstić information content (AvgIpc) is 2.86. The van der Waals surface area contributed by atoms with E-state index in [4.69, 9.17) is 20.4 Å². The molecular weight excluding hydrogens is 216 g/mol. The third-order valence-corrected chi connectivity index (χ3v) is 2.28. The lowest BCUT2D eigenvalue weighted by atomic mass is 10.3. The van der Waals surface area contributed by atoms with Crippen molar-refractivity contribution >= 4 is 17.6 Å². The zero-order chi connectivity index (χ0) is 10.7. The maximum atomic E-state index is 5.63. The Kier molecular flexibility index (Phi) is 2.97. The Labute approximate surface area is 92.5 Å². The number of oxazole rings is 1. The second-order valence-electron chi connectivity index (χ2n) is 3.24. The largest absolute Gasteiger partial charge is 0.472 e. The van der Waals surface area contributed by atoms with E-state index in [1.165, 1.54) is 0 Å². The minimum absolute atomic E-state index is 0.364. The van der Waals surface area contributed by atoms with E-state index < -0.39 is 0 Å². The molecule has 0 spiro atoms. The van der Waals surface area contributed by atoms with Crippen LogP contribution in [0.4, 0.5) is 6.01 Å². The van der Waals surface area contributed by atoms with Crippen molar-refractivity contribution in [2.24, 2.45) is 0 Å². The minimum atomic E-state index is 0.364. The van der Waals surface area contributed by atoms with Gasteiger partial charge in [0.2, 0.25) is 0 Å². The van der Waals surface area contributed by atoms with Crippen LogP contribution in [0.1, 0.15) is 11.3 Å². The van der Waals surface area contributed by atoms with Crippen molar-refractivity contribution in [2.45, 2.75) is 12.4 Å². The van der Waals surface area contributed by atoms with Crippen molar-refractivity contribution in [2.75, 3.05) is 11.9 Å². The highest BCUT2D eigenvalue weighted by atomic mass is 35.5. The summed E-state index contributed by atoms with van der Waals surface area (Å²) in [4.78, 5) is 6.10. The van der Waals surface area contributed by atoms with Crippen LogP contribution in [-0.2, 0) is 12.4 Å². The zero-order valence-corrected chi connectivity index (χ0v) is 9.07. The minimum Gasteiger partial charge on any atom is -0.472 e. The molecule has 0 radical (unpaired) electrons. The lowest BCUT2D eigenvalue weighted by Crippen LogP contribution is -2.16. The molecule has 0 aliphatic carbocycles. The quantitative estimate of drug-likeness (QED) is 0.752. The van der Waals surface area contributed by atoms with Gasteiger partial charge in [0.1, 0.15) is 6.26 Å². The van der Waals surface area contributed by atoms with Crippen LogP contribution >= 0.6 is 11.6 Å². The third kappa shape index (κ3) is 2.33. The Morgan fingerprint density at radius 1 is 1.47 bits per heavy atom. The first-order valence-corrected chi connectivity index (χ1v) is 5.05. The van der Waals surface area contributed by atoms with Crippen molar-refractivity contribution < 1.29 is 8.83 Å². The summed E-state index contributed by atoms with van der Waals surface area (Å²) >= 11 is 5.63. The molecule has 0 aliphatic rings. The van der Waals surface area contributed by atoms with E-state index >= 15 is 0 Å². The van der Waals surface area contributed by atoms with Gasteiger partial charge in [-0.1, -0.05) is 0 Å². The van der Waals surface area contributed by atoms with Crippen LogP contribution in [0, 0.1) is 0 Å². The van der Waals surface area contributed by atoms with E-state index in [-0.39, 0.29) is 0 Å². The molecule has 2 heterocycles. The van der Waals surface area contributed by atoms with Gasteiger partial charge in [0, 0.05) is 12.6 Å². The van der Waals surface area contributed by atoms with E-state index in [1.807, 2.05) is 18.0 Å². The molecule has 0 fully saturated rings. The lowest BCUT2D eigenvalue weighted by Gasteiger charge is -2.12. The fourth-order valence-electron chi connectivity index (χ4n) is 1.26. The molecule has 2 aromatic heterocycles. The molecule has 2 aromatic rings. The van der Waals surface area contributed by atoms with E-state index in [2.05, 4.69) is 4.98 Å². The molecule has 4 nitrogen and oxygen atoms in total. The van der Waals surface area contributed by atoms with E-state index in [0.29, 0.717) is 18.4 Å². The number of alkyl halides is 1. The van der Waals surface area contributed by atoms with Gasteiger partial charge in [-0.05, 0) is 6.07 Å². The lowest BCUT2D eigenvalue weighted by molar-refractivity contribution is 0.540. The number of anilines is 1. The van der Waals surface area contributed by atoms with E-state index in [0.717, 1.165) is 11.3 Å². The van der Waals surface area contributed by atoms with Crippen molar-refractivity contribution in [3.63, 3.8) is 0 Å². The first-order chi connectivity index (χ1) is 7.29. The predicted molar refractivity (Wildman–Crippen MR) is 56.9 cm³/mol. The molecule has 5 heteroatoms. The monoisotopic (exact) mass is 226 g/mol. The number of rotatable bonds is 4. The molecule has 0 saturated carbocycles. The number of halogens is 1. The van der Waals surface area contributed by atoms with Crippen LogP contribution in [-0.4, -0.2) is 12.0 Å². The molecule has 15 heavy (non-hydrogen) atoms. The summed E-state index contributed by atoms with van der Waals surface area (Å²) in [6, 6.07) is 2.47. The predicted octanol–water partition coefficient (Wildman–Crippen LogP) is 2.64. The Morgan fingerprint density at radius 3 is 2.93 bits per heavy atom. The van der Waals surface area contributed by atoms with Crippen LogP contribution in [0.2, 0.25) is 0 Å². The van der Waals surface area contributed by atoms with Gasteiger partial charge < -0.3 is 13.7 Å². The Bertz CT molecular complexity index is 411. The van der Waals surface area contributed by atoms with Crippen LogP contribution in [0.15, 0.2) is 33.7 Å². The topological polar surface area (TPSA) is 42.4 Å². The number of furan rings is 1. The van der Waals surface area contributed by atoms with Crippen molar-refractivity contribution in [3.8, 4) is 0 Å². The van der Waals surface area contributed by atoms with Crippen LogP contribution in [0.5, 0.6) is 0 Å². The summed E-state index contributed by atoms with van der Waals surface area (Å²) in [5.41, 5.74) is 1.81. The molecule has 0 saturated heterocycles. The van der Waals surface area contributed by atoms with Crippen molar-refractivity contribution in [1.29, 1.82) is 0 Å². The molecular formula is C10H11ClN2O2. The van der Waals surface area contributed by atoms with Gasteiger partial charge >= 0.3 is 0 Å². The molecule has 0 unspecified atom stereocenters. The SMILES string of the molecule is CN(Cc1ccoc1)c1nc(CCl)co1. The van der Waals surface area contributed by atoms with Crippen LogP contribution < -0.4 is 4.90 Å². The normalized spacial score (nSPS) is 10.5. The number of nitrogens with zero attached hydrogens (tertiary/aromatic N) is 2.